The van der Waals surface area contributed by atoms with Gasteiger partial charge in [-0.3, -0.25) is 4.68 Å². The van der Waals surface area contributed by atoms with Gasteiger partial charge in [0.05, 0.1) is 35.7 Å². The molecule has 0 aliphatic carbocycles. The van der Waals surface area contributed by atoms with E-state index in [1.165, 1.54) is 28.4 Å². The summed E-state index contributed by atoms with van der Waals surface area (Å²) in [5.74, 6) is -0.948. The molecule has 0 spiro atoms. The molecule has 160 valence electrons. The highest BCUT2D eigenvalue weighted by molar-refractivity contribution is 7.15. The molecule has 2 heterocycles. The Balaban J connectivity index is 1.95. The summed E-state index contributed by atoms with van der Waals surface area (Å²) in [5.41, 5.74) is 0.171. The number of benzene rings is 1. The molecular formula is C20H20F3N3O3S. The molecule has 0 amide bonds. The summed E-state index contributed by atoms with van der Waals surface area (Å²) < 4.78 is 47.2. The van der Waals surface area contributed by atoms with Gasteiger partial charge in [0, 0.05) is 16.6 Å². The predicted octanol–water partition coefficient (Wildman–Crippen LogP) is 5.26. The molecule has 1 N–H and O–H groups in total. The summed E-state index contributed by atoms with van der Waals surface area (Å²) >= 11 is 1.26. The van der Waals surface area contributed by atoms with Gasteiger partial charge in [0.1, 0.15) is 10.8 Å². The molecule has 0 bridgehead atoms. The van der Waals surface area contributed by atoms with Gasteiger partial charge in [0.25, 0.3) is 0 Å². The highest BCUT2D eigenvalue weighted by Crippen LogP contribution is 2.37. The summed E-state index contributed by atoms with van der Waals surface area (Å²) in [6.07, 6.45) is -1.47. The molecule has 0 aliphatic heterocycles. The quantitative estimate of drug-likeness (QED) is 0.544. The fourth-order valence-corrected chi connectivity index (χ4v) is 3.59. The van der Waals surface area contributed by atoms with E-state index in [0.29, 0.717) is 22.7 Å². The lowest BCUT2D eigenvalue weighted by Crippen LogP contribution is -2.11. The van der Waals surface area contributed by atoms with Crippen LogP contribution >= 0.6 is 11.3 Å². The lowest BCUT2D eigenvalue weighted by molar-refractivity contribution is -0.137. The molecule has 1 unspecified atom stereocenters. The van der Waals surface area contributed by atoms with Gasteiger partial charge in [-0.2, -0.15) is 18.3 Å². The van der Waals surface area contributed by atoms with Crippen molar-refractivity contribution in [2.75, 3.05) is 0 Å². The number of aromatic carboxylic acids is 1. The lowest BCUT2D eigenvalue weighted by Gasteiger charge is -2.16. The van der Waals surface area contributed by atoms with Crippen molar-refractivity contribution in [3.63, 3.8) is 0 Å². The number of carboxylic acid groups (broad SMARTS) is 1. The highest BCUT2D eigenvalue weighted by Gasteiger charge is 2.32. The first-order chi connectivity index (χ1) is 14.1. The van der Waals surface area contributed by atoms with Crippen molar-refractivity contribution in [1.82, 2.24) is 14.8 Å². The fraction of sp³-hybridized carbons (Fsp3) is 0.350. The first-order valence-corrected chi connectivity index (χ1v) is 9.99. The molecule has 0 aliphatic rings. The SMILES string of the molecule is CCC(C)Oc1cc(-c2nc(Cn3cc(C(=O)O)cn3)c(C)s2)cc(C(F)(F)F)c1. The number of carbonyl (C=O) groups is 1. The number of alkyl halides is 3. The molecule has 0 saturated heterocycles. The average molecular weight is 439 g/mol. The Kier molecular flexibility index (Phi) is 6.16. The van der Waals surface area contributed by atoms with Gasteiger partial charge < -0.3 is 9.84 Å². The molecule has 3 rings (SSSR count). The Morgan fingerprint density at radius 1 is 1.33 bits per heavy atom. The Bertz CT molecular complexity index is 1060. The van der Waals surface area contributed by atoms with Crippen molar-refractivity contribution in [3.05, 3.63) is 52.3 Å². The minimum absolute atomic E-state index is 0.0489. The Hall–Kier alpha value is -2.88. The molecule has 30 heavy (non-hydrogen) atoms. The summed E-state index contributed by atoms with van der Waals surface area (Å²) in [5, 5.41) is 13.4. The molecule has 6 nitrogen and oxygen atoms in total. The molecule has 0 saturated carbocycles. The minimum Gasteiger partial charge on any atom is -0.491 e. The zero-order valence-corrected chi connectivity index (χ0v) is 17.3. The smallest absolute Gasteiger partial charge is 0.416 e. The number of rotatable bonds is 7. The van der Waals surface area contributed by atoms with Gasteiger partial charge in [0.2, 0.25) is 0 Å². The van der Waals surface area contributed by atoms with Crippen LogP contribution in [0.25, 0.3) is 10.6 Å². The van der Waals surface area contributed by atoms with Crippen LogP contribution in [-0.2, 0) is 12.7 Å². The fourth-order valence-electron chi connectivity index (χ4n) is 2.68. The largest absolute Gasteiger partial charge is 0.491 e. The van der Waals surface area contributed by atoms with Crippen molar-refractivity contribution >= 4 is 17.3 Å². The number of hydrogen-bond donors (Lipinski definition) is 1. The third-order valence-corrected chi connectivity index (χ3v) is 5.54. The van der Waals surface area contributed by atoms with Crippen molar-refractivity contribution in [1.29, 1.82) is 0 Å². The van der Waals surface area contributed by atoms with E-state index >= 15 is 0 Å². The standard InChI is InChI=1S/C20H20F3N3O3S/c1-4-11(2)29-16-6-13(5-15(7-16)20(21,22)23)18-25-17(12(3)30-18)10-26-9-14(8-24-26)19(27)28/h5-9,11H,4,10H2,1-3H3,(H,27,28). The van der Waals surface area contributed by atoms with Crippen LogP contribution in [0, 0.1) is 6.92 Å². The number of hydrogen-bond acceptors (Lipinski definition) is 5. The molecule has 0 radical (unpaired) electrons. The first kappa shape index (κ1) is 21.8. The van der Waals surface area contributed by atoms with Crippen molar-refractivity contribution in [3.8, 4) is 16.3 Å². The number of aryl methyl sites for hydroxylation is 1. The number of thiazole rings is 1. The monoisotopic (exact) mass is 439 g/mol. The molecule has 0 fully saturated rings. The summed E-state index contributed by atoms with van der Waals surface area (Å²) in [4.78, 5) is 16.3. The minimum atomic E-state index is -4.51. The van der Waals surface area contributed by atoms with Crippen molar-refractivity contribution in [2.45, 2.75) is 46.0 Å². The lowest BCUT2D eigenvalue weighted by atomic mass is 10.1. The zero-order chi connectivity index (χ0) is 22.1. The van der Waals surface area contributed by atoms with E-state index in [2.05, 4.69) is 10.1 Å². The highest BCUT2D eigenvalue weighted by atomic mass is 32.1. The maximum Gasteiger partial charge on any atom is 0.416 e. The summed E-state index contributed by atoms with van der Waals surface area (Å²) in [6, 6.07) is 3.61. The Morgan fingerprint density at radius 2 is 2.07 bits per heavy atom. The molecule has 3 aromatic rings. The Labute approximate surface area is 174 Å². The van der Waals surface area contributed by atoms with Crippen molar-refractivity contribution < 1.29 is 27.8 Å². The third kappa shape index (κ3) is 4.99. The molecule has 2 aromatic heterocycles. The number of nitrogens with zero attached hydrogens (tertiary/aromatic N) is 3. The second-order valence-electron chi connectivity index (χ2n) is 6.83. The van der Waals surface area contributed by atoms with Gasteiger partial charge in [-0.1, -0.05) is 6.92 Å². The van der Waals surface area contributed by atoms with E-state index < -0.39 is 17.7 Å². The van der Waals surface area contributed by atoms with Crippen LogP contribution in [0.15, 0.2) is 30.6 Å². The van der Waals surface area contributed by atoms with Crippen LogP contribution in [0.4, 0.5) is 13.2 Å². The molecule has 10 heteroatoms. The molecule has 1 atom stereocenters. The van der Waals surface area contributed by atoms with Gasteiger partial charge in [0.15, 0.2) is 0 Å². The topological polar surface area (TPSA) is 77.2 Å². The van der Waals surface area contributed by atoms with E-state index in [9.17, 15) is 18.0 Å². The van der Waals surface area contributed by atoms with Gasteiger partial charge in [-0.15, -0.1) is 11.3 Å². The van der Waals surface area contributed by atoms with Gasteiger partial charge in [-0.25, -0.2) is 9.78 Å². The van der Waals surface area contributed by atoms with Gasteiger partial charge in [-0.05, 0) is 38.5 Å². The van der Waals surface area contributed by atoms with Crippen LogP contribution < -0.4 is 4.74 Å². The van der Waals surface area contributed by atoms with E-state index in [4.69, 9.17) is 9.84 Å². The summed E-state index contributed by atoms with van der Waals surface area (Å²) in [6.45, 7) is 5.70. The second kappa shape index (κ2) is 8.47. The number of aromatic nitrogens is 3. The molecular weight excluding hydrogens is 419 g/mol. The maximum absolute atomic E-state index is 13.4. The van der Waals surface area contributed by atoms with E-state index in [0.717, 1.165) is 17.0 Å². The van der Waals surface area contributed by atoms with Gasteiger partial charge >= 0.3 is 12.1 Å². The maximum atomic E-state index is 13.4. The predicted molar refractivity (Wildman–Crippen MR) is 106 cm³/mol. The van der Waals surface area contributed by atoms with Crippen LogP contribution in [0.5, 0.6) is 5.75 Å². The van der Waals surface area contributed by atoms with Crippen LogP contribution in [0.1, 0.15) is 46.8 Å². The van der Waals surface area contributed by atoms with Crippen LogP contribution in [-0.4, -0.2) is 31.9 Å². The zero-order valence-electron chi connectivity index (χ0n) is 16.5. The summed E-state index contributed by atoms with van der Waals surface area (Å²) in [7, 11) is 0. The first-order valence-electron chi connectivity index (χ1n) is 9.18. The second-order valence-corrected chi connectivity index (χ2v) is 8.04. The van der Waals surface area contributed by atoms with E-state index in [1.807, 2.05) is 13.8 Å². The van der Waals surface area contributed by atoms with Crippen LogP contribution in [0.3, 0.4) is 0 Å². The Morgan fingerprint density at radius 3 is 2.67 bits per heavy atom. The number of halogens is 3. The number of ether oxygens (including phenoxy) is 1. The van der Waals surface area contributed by atoms with Crippen molar-refractivity contribution in [2.24, 2.45) is 0 Å². The third-order valence-electron chi connectivity index (χ3n) is 4.48. The normalized spacial score (nSPS) is 12.7. The van der Waals surface area contributed by atoms with E-state index in [1.54, 1.807) is 13.0 Å². The van der Waals surface area contributed by atoms with Crippen LogP contribution in [0.2, 0.25) is 0 Å². The van der Waals surface area contributed by atoms with E-state index in [-0.39, 0.29) is 24.0 Å². The molecule has 1 aromatic carbocycles. The average Bonchev–Trinajstić information content (AvgIpc) is 3.28. The number of carboxylic acids is 1.